The second kappa shape index (κ2) is 9.88. The van der Waals surface area contributed by atoms with Crippen LogP contribution in [0.15, 0.2) is 12.3 Å². The molecule has 1 aromatic rings. The highest BCUT2D eigenvalue weighted by Gasteiger charge is 2.33. The number of nitrogens with two attached hydrogens (primary N) is 1. The molecule has 5 N–H and O–H groups in total. The molecule has 30 heavy (non-hydrogen) atoms. The fraction of sp³-hybridized carbons (Fsp3) is 0.619. The van der Waals surface area contributed by atoms with Crippen molar-refractivity contribution in [2.45, 2.75) is 51.5 Å². The van der Waals surface area contributed by atoms with Gasteiger partial charge < -0.3 is 26.2 Å². The molecule has 1 saturated carbocycles. The van der Waals surface area contributed by atoms with Gasteiger partial charge in [-0.15, -0.1) is 0 Å². The van der Waals surface area contributed by atoms with Crippen LogP contribution in [0.25, 0.3) is 0 Å². The number of hydrogen-bond donors (Lipinski definition) is 4. The van der Waals surface area contributed by atoms with Gasteiger partial charge in [0.25, 0.3) is 5.91 Å². The number of carboxylic acids is 1. The van der Waals surface area contributed by atoms with E-state index in [1.165, 1.54) is 44.4 Å². The van der Waals surface area contributed by atoms with E-state index in [2.05, 4.69) is 22.5 Å². The van der Waals surface area contributed by atoms with E-state index >= 15 is 0 Å². The summed E-state index contributed by atoms with van der Waals surface area (Å²) < 4.78 is 5.88. The summed E-state index contributed by atoms with van der Waals surface area (Å²) in [6.07, 6.45) is 8.75. The van der Waals surface area contributed by atoms with Crippen LogP contribution in [-0.2, 0) is 9.59 Å². The zero-order valence-corrected chi connectivity index (χ0v) is 17.2. The number of carboxylic acid groups (broad SMARTS) is 1. The zero-order chi connectivity index (χ0) is 21.7. The summed E-state index contributed by atoms with van der Waals surface area (Å²) in [5.74, 6) is -2.06. The monoisotopic (exact) mass is 418 g/mol. The van der Waals surface area contributed by atoms with Gasteiger partial charge in [-0.2, -0.15) is 0 Å². The molecular formula is C21H30N4O5. The number of ether oxygens (including phenoxy) is 1. The maximum Gasteiger partial charge on any atom is 0.394 e. The molecule has 1 aromatic heterocycles. The van der Waals surface area contributed by atoms with Crippen LogP contribution in [-0.4, -0.2) is 47.1 Å². The van der Waals surface area contributed by atoms with E-state index in [-0.39, 0.29) is 17.1 Å². The highest BCUT2D eigenvalue weighted by molar-refractivity contribution is 6.36. The molecule has 0 radical (unpaired) electrons. The minimum Gasteiger partial charge on any atom is -0.477 e. The second-order valence-corrected chi connectivity index (χ2v) is 8.40. The Bertz CT molecular complexity index is 794. The van der Waals surface area contributed by atoms with E-state index in [0.29, 0.717) is 30.4 Å². The Morgan fingerprint density at radius 3 is 2.70 bits per heavy atom. The van der Waals surface area contributed by atoms with E-state index in [1.807, 2.05) is 0 Å². The first-order valence-corrected chi connectivity index (χ1v) is 10.6. The smallest absolute Gasteiger partial charge is 0.394 e. The normalized spacial score (nSPS) is 24.8. The third-order valence-corrected chi connectivity index (χ3v) is 6.29. The number of piperidine rings is 1. The third-order valence-electron chi connectivity index (χ3n) is 6.29. The predicted octanol–water partition coefficient (Wildman–Crippen LogP) is 1.78. The fourth-order valence-electron chi connectivity index (χ4n) is 4.46. The average molecular weight is 418 g/mol. The molecule has 164 valence electrons. The molecule has 2 amide bonds. The van der Waals surface area contributed by atoms with Crippen LogP contribution >= 0.6 is 0 Å². The number of carbonyl (C=O) groups is 3. The Morgan fingerprint density at radius 1 is 1.30 bits per heavy atom. The number of pyridine rings is 1. The molecule has 3 atom stereocenters. The standard InChI is InChI=1S/C21H30N4O5/c1-12-9-23-17(13-5-3-2-4-6-13)7-14(12)11-30-20-16(18(22)26)8-15(10-24-20)25-19(27)21(28)29/h8,10,12-14,17,23H,2-7,9,11H2,1H3,(H2,22,26)(H,25,27)(H,28,29). The van der Waals surface area contributed by atoms with Crippen molar-refractivity contribution in [2.75, 3.05) is 18.5 Å². The van der Waals surface area contributed by atoms with Crippen molar-refractivity contribution in [3.63, 3.8) is 0 Å². The van der Waals surface area contributed by atoms with E-state index in [4.69, 9.17) is 15.6 Å². The number of nitrogens with zero attached hydrogens (tertiary/aromatic N) is 1. The number of primary amides is 1. The lowest BCUT2D eigenvalue weighted by molar-refractivity contribution is -0.147. The van der Waals surface area contributed by atoms with Gasteiger partial charge in [0.2, 0.25) is 5.88 Å². The topological polar surface area (TPSA) is 144 Å². The van der Waals surface area contributed by atoms with Crippen molar-refractivity contribution < 1.29 is 24.2 Å². The number of nitrogens with one attached hydrogen (secondary N) is 2. The summed E-state index contributed by atoms with van der Waals surface area (Å²) in [7, 11) is 0. The number of anilines is 1. The van der Waals surface area contributed by atoms with Crippen molar-refractivity contribution in [3.05, 3.63) is 17.8 Å². The molecule has 0 bridgehead atoms. The van der Waals surface area contributed by atoms with Gasteiger partial charge in [-0.1, -0.05) is 26.2 Å². The predicted molar refractivity (Wildman–Crippen MR) is 110 cm³/mol. The van der Waals surface area contributed by atoms with Crippen LogP contribution in [0.3, 0.4) is 0 Å². The Labute approximate surface area is 175 Å². The third kappa shape index (κ3) is 5.47. The van der Waals surface area contributed by atoms with Crippen molar-refractivity contribution in [2.24, 2.45) is 23.5 Å². The first-order valence-electron chi connectivity index (χ1n) is 10.6. The molecule has 2 aliphatic rings. The van der Waals surface area contributed by atoms with Crippen LogP contribution in [0.4, 0.5) is 5.69 Å². The van der Waals surface area contributed by atoms with Crippen LogP contribution in [0.2, 0.25) is 0 Å². The number of hydrogen-bond acceptors (Lipinski definition) is 6. The first kappa shape index (κ1) is 22.0. The van der Waals surface area contributed by atoms with Gasteiger partial charge in [0.05, 0.1) is 18.5 Å². The van der Waals surface area contributed by atoms with Gasteiger partial charge in [-0.3, -0.25) is 9.59 Å². The minimum atomic E-state index is -1.64. The van der Waals surface area contributed by atoms with Gasteiger partial charge in [-0.25, -0.2) is 9.78 Å². The van der Waals surface area contributed by atoms with Crippen LogP contribution in [0, 0.1) is 17.8 Å². The molecule has 1 saturated heterocycles. The summed E-state index contributed by atoms with van der Waals surface area (Å²) >= 11 is 0. The lowest BCUT2D eigenvalue weighted by atomic mass is 9.75. The van der Waals surface area contributed by atoms with E-state index in [0.717, 1.165) is 13.0 Å². The quantitative estimate of drug-likeness (QED) is 0.515. The molecule has 0 spiro atoms. The van der Waals surface area contributed by atoms with Crippen LogP contribution < -0.4 is 21.1 Å². The molecule has 3 unspecified atom stereocenters. The van der Waals surface area contributed by atoms with Crippen molar-refractivity contribution in [1.29, 1.82) is 0 Å². The van der Waals surface area contributed by atoms with E-state index in [1.54, 1.807) is 0 Å². The maximum absolute atomic E-state index is 11.8. The summed E-state index contributed by atoms with van der Waals surface area (Å²) in [6, 6.07) is 1.77. The number of amides is 2. The Morgan fingerprint density at radius 2 is 2.03 bits per heavy atom. The lowest BCUT2D eigenvalue weighted by Gasteiger charge is -2.40. The van der Waals surface area contributed by atoms with E-state index < -0.39 is 17.8 Å². The maximum atomic E-state index is 11.8. The van der Waals surface area contributed by atoms with Crippen molar-refractivity contribution >= 4 is 23.5 Å². The molecule has 9 nitrogen and oxygen atoms in total. The van der Waals surface area contributed by atoms with Gasteiger partial charge >= 0.3 is 11.9 Å². The highest BCUT2D eigenvalue weighted by Crippen LogP contribution is 2.33. The van der Waals surface area contributed by atoms with Gasteiger partial charge in [0.1, 0.15) is 5.56 Å². The fourth-order valence-corrected chi connectivity index (χ4v) is 4.46. The molecule has 1 aliphatic carbocycles. The number of carbonyl (C=O) groups excluding carboxylic acids is 2. The van der Waals surface area contributed by atoms with Crippen LogP contribution in [0.5, 0.6) is 5.88 Å². The molecule has 3 rings (SSSR count). The molecular weight excluding hydrogens is 388 g/mol. The Kier molecular flexibility index (Phi) is 7.25. The van der Waals surface area contributed by atoms with E-state index in [9.17, 15) is 14.4 Å². The van der Waals surface area contributed by atoms with Crippen molar-refractivity contribution in [1.82, 2.24) is 10.3 Å². The molecule has 2 heterocycles. The molecule has 9 heteroatoms. The lowest BCUT2D eigenvalue weighted by Crippen LogP contribution is -2.48. The van der Waals surface area contributed by atoms with Crippen molar-refractivity contribution in [3.8, 4) is 5.88 Å². The van der Waals surface area contributed by atoms with Gasteiger partial charge in [-0.05, 0) is 49.6 Å². The largest absolute Gasteiger partial charge is 0.477 e. The average Bonchev–Trinajstić information content (AvgIpc) is 2.74. The number of rotatable bonds is 6. The Hall–Kier alpha value is -2.68. The molecule has 1 aliphatic heterocycles. The van der Waals surface area contributed by atoms with Gasteiger partial charge in [0.15, 0.2) is 0 Å². The first-order chi connectivity index (χ1) is 14.3. The molecule has 0 aromatic carbocycles. The summed E-state index contributed by atoms with van der Waals surface area (Å²) in [6.45, 7) is 3.54. The number of aromatic nitrogens is 1. The number of aliphatic carboxylic acids is 1. The minimum absolute atomic E-state index is 0.00334. The second-order valence-electron chi connectivity index (χ2n) is 8.40. The summed E-state index contributed by atoms with van der Waals surface area (Å²) in [5.41, 5.74) is 5.50. The zero-order valence-electron chi connectivity index (χ0n) is 17.2. The summed E-state index contributed by atoms with van der Waals surface area (Å²) in [5, 5.41) is 14.5. The van der Waals surface area contributed by atoms with Gasteiger partial charge in [0, 0.05) is 6.04 Å². The molecule has 2 fully saturated rings. The highest BCUT2D eigenvalue weighted by atomic mass is 16.5. The Balaban J connectivity index is 1.65. The summed E-state index contributed by atoms with van der Waals surface area (Å²) in [4.78, 5) is 37.9. The SMILES string of the molecule is CC1CNC(C2CCCCC2)CC1COc1ncc(NC(=O)C(=O)O)cc1C(N)=O. The van der Waals surface area contributed by atoms with Crippen LogP contribution in [0.1, 0.15) is 55.8 Å².